The monoisotopic (exact) mass is 356 g/mol. The topological polar surface area (TPSA) is 52.1 Å². The van der Waals surface area contributed by atoms with Crippen LogP contribution >= 0.6 is 15.9 Å². The van der Waals surface area contributed by atoms with Crippen molar-refractivity contribution in [2.75, 3.05) is 0 Å². The van der Waals surface area contributed by atoms with Gasteiger partial charge in [0.05, 0.1) is 28.0 Å². The van der Waals surface area contributed by atoms with Gasteiger partial charge in [0.15, 0.2) is 6.29 Å². The Kier molecular flexibility index (Phi) is 4.15. The summed E-state index contributed by atoms with van der Waals surface area (Å²) in [6, 6.07) is 13.0. The van der Waals surface area contributed by atoms with E-state index in [0.717, 1.165) is 33.2 Å². The molecule has 0 amide bonds. The highest BCUT2D eigenvalue weighted by Gasteiger charge is 2.08. The summed E-state index contributed by atoms with van der Waals surface area (Å²) in [5.74, 6) is 0.535. The second-order valence-electron chi connectivity index (χ2n) is 4.83. The van der Waals surface area contributed by atoms with Crippen molar-refractivity contribution in [1.29, 1.82) is 0 Å². The number of hydrogen-bond donors (Lipinski definition) is 0. The molecule has 4 nitrogen and oxygen atoms in total. The van der Waals surface area contributed by atoms with Crippen LogP contribution in [0.4, 0.5) is 0 Å². The van der Waals surface area contributed by atoms with E-state index in [1.807, 2.05) is 37.3 Å². The quantitative estimate of drug-likeness (QED) is 0.660. The van der Waals surface area contributed by atoms with Crippen LogP contribution in [0.25, 0.3) is 11.0 Å². The number of ether oxygens (including phenoxy) is 1. The Balaban J connectivity index is 1.88. The van der Waals surface area contributed by atoms with Crippen LogP contribution in [0.3, 0.4) is 0 Å². The fourth-order valence-corrected chi connectivity index (χ4v) is 2.53. The number of aldehydes is 1. The van der Waals surface area contributed by atoms with Crippen molar-refractivity contribution in [3.63, 3.8) is 0 Å². The van der Waals surface area contributed by atoms with Crippen LogP contribution in [-0.2, 0) is 6.61 Å². The number of aromatic nitrogens is 2. The van der Waals surface area contributed by atoms with Crippen LogP contribution in [-0.4, -0.2) is 16.3 Å². The highest BCUT2D eigenvalue weighted by Crippen LogP contribution is 2.23. The summed E-state index contributed by atoms with van der Waals surface area (Å²) < 4.78 is 6.58. The summed E-state index contributed by atoms with van der Waals surface area (Å²) in [4.78, 5) is 20.2. The van der Waals surface area contributed by atoms with E-state index in [0.29, 0.717) is 11.3 Å². The lowest BCUT2D eigenvalue weighted by Crippen LogP contribution is -2.04. The summed E-state index contributed by atoms with van der Waals surface area (Å²) in [7, 11) is 0. The molecule has 0 aliphatic carbocycles. The number of para-hydroxylation sites is 2. The van der Waals surface area contributed by atoms with E-state index in [-0.39, 0.29) is 6.61 Å². The Labute approximate surface area is 136 Å². The number of fused-ring (bicyclic) bond motifs is 1. The second-order valence-corrected chi connectivity index (χ2v) is 5.75. The van der Waals surface area contributed by atoms with E-state index in [4.69, 9.17) is 4.74 Å². The average molecular weight is 357 g/mol. The molecule has 3 aromatic rings. The Hall–Kier alpha value is -2.27. The maximum absolute atomic E-state index is 11.1. The van der Waals surface area contributed by atoms with Crippen molar-refractivity contribution in [1.82, 2.24) is 9.97 Å². The van der Waals surface area contributed by atoms with Gasteiger partial charge in [0.25, 0.3) is 0 Å². The van der Waals surface area contributed by atoms with Crippen molar-refractivity contribution < 1.29 is 9.53 Å². The molecule has 0 N–H and O–H groups in total. The molecule has 0 fully saturated rings. The van der Waals surface area contributed by atoms with Gasteiger partial charge in [-0.05, 0) is 37.3 Å². The van der Waals surface area contributed by atoms with E-state index in [9.17, 15) is 4.79 Å². The molecule has 0 radical (unpaired) electrons. The van der Waals surface area contributed by atoms with Crippen molar-refractivity contribution in [3.05, 3.63) is 63.9 Å². The van der Waals surface area contributed by atoms with Gasteiger partial charge in [0, 0.05) is 4.47 Å². The van der Waals surface area contributed by atoms with Crippen LogP contribution in [0.2, 0.25) is 0 Å². The number of nitrogens with zero attached hydrogens (tertiary/aromatic N) is 2. The van der Waals surface area contributed by atoms with E-state index in [1.165, 1.54) is 0 Å². The van der Waals surface area contributed by atoms with Crippen LogP contribution in [0.15, 0.2) is 46.9 Å². The Morgan fingerprint density at radius 3 is 2.59 bits per heavy atom. The van der Waals surface area contributed by atoms with Gasteiger partial charge in [-0.3, -0.25) is 4.79 Å². The van der Waals surface area contributed by atoms with Gasteiger partial charge in [0.1, 0.15) is 12.4 Å². The summed E-state index contributed by atoms with van der Waals surface area (Å²) in [6.07, 6.45) is 0.777. The van der Waals surface area contributed by atoms with Crippen LogP contribution < -0.4 is 4.74 Å². The number of halogens is 1. The van der Waals surface area contributed by atoms with Gasteiger partial charge >= 0.3 is 0 Å². The van der Waals surface area contributed by atoms with E-state index < -0.39 is 0 Å². The fraction of sp³-hybridized carbons (Fsp3) is 0.118. The first-order valence-electron chi connectivity index (χ1n) is 6.77. The first kappa shape index (κ1) is 14.7. The third kappa shape index (κ3) is 2.99. The molecule has 0 saturated heterocycles. The molecule has 3 rings (SSSR count). The molecule has 0 unspecified atom stereocenters. The second kappa shape index (κ2) is 6.23. The minimum atomic E-state index is 0.270. The number of aryl methyl sites for hydroxylation is 1. The van der Waals surface area contributed by atoms with Crippen LogP contribution in [0.1, 0.15) is 21.7 Å². The lowest BCUT2D eigenvalue weighted by molar-refractivity contribution is 0.111. The molecule has 0 spiro atoms. The predicted octanol–water partition coefficient (Wildman–Crippen LogP) is 4.09. The SMILES string of the molecule is Cc1nc2ccccc2nc1COc1ccc(Br)cc1C=O. The molecule has 0 saturated carbocycles. The number of carbonyl (C=O) groups is 1. The third-order valence-corrected chi connectivity index (χ3v) is 3.80. The summed E-state index contributed by atoms with van der Waals surface area (Å²) in [6.45, 7) is 2.17. The Morgan fingerprint density at radius 1 is 1.14 bits per heavy atom. The number of rotatable bonds is 4. The maximum Gasteiger partial charge on any atom is 0.153 e. The van der Waals surface area contributed by atoms with Crippen LogP contribution in [0, 0.1) is 6.92 Å². The molecule has 22 heavy (non-hydrogen) atoms. The molecule has 0 aliphatic heterocycles. The summed E-state index contributed by atoms with van der Waals surface area (Å²) >= 11 is 3.34. The van der Waals surface area contributed by atoms with E-state index in [2.05, 4.69) is 25.9 Å². The smallest absolute Gasteiger partial charge is 0.153 e. The molecule has 1 aromatic heterocycles. The first-order chi connectivity index (χ1) is 10.7. The van der Waals surface area contributed by atoms with Gasteiger partial charge in [-0.25, -0.2) is 9.97 Å². The minimum Gasteiger partial charge on any atom is -0.486 e. The molecule has 5 heteroatoms. The first-order valence-corrected chi connectivity index (χ1v) is 7.56. The van der Waals surface area contributed by atoms with Crippen LogP contribution in [0.5, 0.6) is 5.75 Å². The van der Waals surface area contributed by atoms with Gasteiger partial charge in [-0.15, -0.1) is 0 Å². The molecule has 110 valence electrons. The normalized spacial score (nSPS) is 10.6. The molecule has 2 aromatic carbocycles. The number of hydrogen-bond acceptors (Lipinski definition) is 4. The van der Waals surface area contributed by atoms with Gasteiger partial charge in [-0.1, -0.05) is 28.1 Å². The van der Waals surface area contributed by atoms with Crippen molar-refractivity contribution in [2.45, 2.75) is 13.5 Å². The predicted molar refractivity (Wildman–Crippen MR) is 88.1 cm³/mol. The lowest BCUT2D eigenvalue weighted by atomic mass is 10.2. The van der Waals surface area contributed by atoms with E-state index >= 15 is 0 Å². The zero-order valence-electron chi connectivity index (χ0n) is 11.9. The highest BCUT2D eigenvalue weighted by molar-refractivity contribution is 9.10. The fourth-order valence-electron chi connectivity index (χ4n) is 2.15. The molecular weight excluding hydrogens is 344 g/mol. The number of benzene rings is 2. The average Bonchev–Trinajstić information content (AvgIpc) is 2.53. The largest absolute Gasteiger partial charge is 0.486 e. The van der Waals surface area contributed by atoms with Crippen molar-refractivity contribution >= 4 is 33.2 Å². The Morgan fingerprint density at radius 2 is 1.86 bits per heavy atom. The van der Waals surface area contributed by atoms with Gasteiger partial charge in [0.2, 0.25) is 0 Å². The summed E-state index contributed by atoms with van der Waals surface area (Å²) in [5.41, 5.74) is 3.78. The van der Waals surface area contributed by atoms with Gasteiger partial charge < -0.3 is 4.74 Å². The molecule has 0 aliphatic rings. The Bertz CT molecular complexity index is 849. The summed E-state index contributed by atoms with van der Waals surface area (Å²) in [5, 5.41) is 0. The van der Waals surface area contributed by atoms with Crippen molar-refractivity contribution in [3.8, 4) is 5.75 Å². The molecule has 0 atom stereocenters. The zero-order chi connectivity index (χ0) is 15.5. The van der Waals surface area contributed by atoms with Crippen molar-refractivity contribution in [2.24, 2.45) is 0 Å². The highest BCUT2D eigenvalue weighted by atomic mass is 79.9. The maximum atomic E-state index is 11.1. The van der Waals surface area contributed by atoms with Gasteiger partial charge in [-0.2, -0.15) is 0 Å². The molecule has 0 bridgehead atoms. The molecular formula is C17H13BrN2O2. The number of carbonyl (C=O) groups excluding carboxylic acids is 1. The third-order valence-electron chi connectivity index (χ3n) is 3.31. The molecule has 1 heterocycles. The lowest BCUT2D eigenvalue weighted by Gasteiger charge is -2.10. The standard InChI is InChI=1S/C17H13BrN2O2/c1-11-16(20-15-5-3-2-4-14(15)19-11)10-22-17-7-6-13(18)8-12(17)9-21/h2-9H,10H2,1H3. The minimum absolute atomic E-state index is 0.270. The zero-order valence-corrected chi connectivity index (χ0v) is 13.5. The van der Waals surface area contributed by atoms with E-state index in [1.54, 1.807) is 12.1 Å².